The van der Waals surface area contributed by atoms with Crippen molar-refractivity contribution in [1.82, 2.24) is 9.55 Å². The number of aromatic nitrogens is 2. The molecular weight excluding hydrogens is 373 g/mol. The molecule has 150 valence electrons. The number of anilines is 1. The van der Waals surface area contributed by atoms with Crippen LogP contribution in [0.5, 0.6) is 0 Å². The van der Waals surface area contributed by atoms with E-state index in [1.54, 1.807) is 24.3 Å². The van der Waals surface area contributed by atoms with Gasteiger partial charge in [0.1, 0.15) is 5.82 Å². The van der Waals surface area contributed by atoms with E-state index in [9.17, 15) is 14.0 Å². The number of hydrogen-bond donors (Lipinski definition) is 2. The number of carbonyl (C=O) groups is 1. The second-order valence-electron chi connectivity index (χ2n) is 7.33. The van der Waals surface area contributed by atoms with Crippen molar-refractivity contribution in [2.75, 3.05) is 18.0 Å². The SMILES string of the molecule is NC(=O)c1ccccc1Cn1c(N2CCCC(N)C2)nc2ccc(F)cc2c1=O. The van der Waals surface area contributed by atoms with E-state index in [-0.39, 0.29) is 23.5 Å². The molecule has 1 saturated heterocycles. The zero-order chi connectivity index (χ0) is 20.5. The first-order chi connectivity index (χ1) is 13.9. The van der Waals surface area contributed by atoms with Crippen LogP contribution in [0, 0.1) is 5.82 Å². The summed E-state index contributed by atoms with van der Waals surface area (Å²) in [6, 6.07) is 10.8. The van der Waals surface area contributed by atoms with E-state index in [1.165, 1.54) is 22.8 Å². The number of hydrogen-bond acceptors (Lipinski definition) is 5. The highest BCUT2D eigenvalue weighted by atomic mass is 19.1. The van der Waals surface area contributed by atoms with Crippen LogP contribution in [0.25, 0.3) is 10.9 Å². The molecule has 0 aliphatic carbocycles. The fourth-order valence-electron chi connectivity index (χ4n) is 3.83. The number of primary amides is 1. The largest absolute Gasteiger partial charge is 0.366 e. The number of halogens is 1. The van der Waals surface area contributed by atoms with E-state index < -0.39 is 11.7 Å². The van der Waals surface area contributed by atoms with Crippen molar-refractivity contribution >= 4 is 22.8 Å². The Morgan fingerprint density at radius 2 is 2.03 bits per heavy atom. The molecule has 0 spiro atoms. The Labute approximate surface area is 166 Å². The van der Waals surface area contributed by atoms with E-state index in [2.05, 4.69) is 4.98 Å². The molecule has 1 unspecified atom stereocenters. The summed E-state index contributed by atoms with van der Waals surface area (Å²) in [5.41, 5.74) is 12.6. The molecule has 1 aromatic heterocycles. The van der Waals surface area contributed by atoms with Crippen molar-refractivity contribution in [3.8, 4) is 0 Å². The normalized spacial score (nSPS) is 16.9. The lowest BCUT2D eigenvalue weighted by Crippen LogP contribution is -2.45. The summed E-state index contributed by atoms with van der Waals surface area (Å²) in [5, 5.41) is 0.187. The average Bonchev–Trinajstić information content (AvgIpc) is 2.70. The molecule has 1 fully saturated rings. The molecule has 0 bridgehead atoms. The first-order valence-corrected chi connectivity index (χ1v) is 9.52. The van der Waals surface area contributed by atoms with Crippen molar-refractivity contribution in [1.29, 1.82) is 0 Å². The minimum atomic E-state index is -0.574. The van der Waals surface area contributed by atoms with Crippen LogP contribution in [0.15, 0.2) is 47.3 Å². The van der Waals surface area contributed by atoms with Crippen LogP contribution in [0.1, 0.15) is 28.8 Å². The molecule has 8 heteroatoms. The van der Waals surface area contributed by atoms with Gasteiger partial charge in [-0.1, -0.05) is 18.2 Å². The molecule has 4 rings (SSSR count). The van der Waals surface area contributed by atoms with Crippen molar-refractivity contribution in [2.45, 2.75) is 25.4 Å². The first-order valence-electron chi connectivity index (χ1n) is 9.52. The highest BCUT2D eigenvalue weighted by molar-refractivity contribution is 5.94. The molecule has 1 aliphatic rings. The Morgan fingerprint density at radius 1 is 1.24 bits per heavy atom. The van der Waals surface area contributed by atoms with E-state index >= 15 is 0 Å². The molecule has 1 aliphatic heterocycles. The molecule has 2 heterocycles. The van der Waals surface area contributed by atoms with Gasteiger partial charge in [-0.25, -0.2) is 9.37 Å². The number of benzene rings is 2. The molecule has 7 nitrogen and oxygen atoms in total. The van der Waals surface area contributed by atoms with Crippen LogP contribution in [-0.4, -0.2) is 34.6 Å². The predicted molar refractivity (Wildman–Crippen MR) is 109 cm³/mol. The van der Waals surface area contributed by atoms with E-state index in [4.69, 9.17) is 11.5 Å². The number of amides is 1. The van der Waals surface area contributed by atoms with Gasteiger partial charge in [-0.15, -0.1) is 0 Å². The summed E-state index contributed by atoms with van der Waals surface area (Å²) in [4.78, 5) is 31.8. The molecule has 1 amide bonds. The maximum absolute atomic E-state index is 13.8. The minimum Gasteiger partial charge on any atom is -0.366 e. The third-order valence-corrected chi connectivity index (χ3v) is 5.25. The van der Waals surface area contributed by atoms with Crippen molar-refractivity contribution in [2.24, 2.45) is 11.5 Å². The number of rotatable bonds is 4. The molecule has 3 aromatic rings. The summed E-state index contributed by atoms with van der Waals surface area (Å²) < 4.78 is 15.3. The predicted octanol–water partition coefficient (Wildman–Crippen LogP) is 1.61. The Morgan fingerprint density at radius 3 is 2.79 bits per heavy atom. The first kappa shape index (κ1) is 19.1. The van der Waals surface area contributed by atoms with Crippen LogP contribution < -0.4 is 21.9 Å². The standard InChI is InChI=1S/C21H22FN5O2/c22-14-7-8-18-17(10-14)20(29)27(11-13-4-1-2-6-16(13)19(24)28)21(25-18)26-9-3-5-15(23)12-26/h1-2,4,6-8,10,15H,3,5,9,11-12,23H2,(H2,24,28). The molecule has 29 heavy (non-hydrogen) atoms. The lowest BCUT2D eigenvalue weighted by molar-refractivity contribution is 0.0999. The molecule has 4 N–H and O–H groups in total. The van der Waals surface area contributed by atoms with E-state index in [0.29, 0.717) is 35.7 Å². The summed E-state index contributed by atoms with van der Waals surface area (Å²) in [7, 11) is 0. The Bertz CT molecular complexity index is 1140. The van der Waals surface area contributed by atoms with Crippen LogP contribution in [0.4, 0.5) is 10.3 Å². The van der Waals surface area contributed by atoms with Crippen LogP contribution >= 0.6 is 0 Å². The molecule has 0 radical (unpaired) electrons. The number of nitrogens with zero attached hydrogens (tertiary/aromatic N) is 3. The van der Waals surface area contributed by atoms with Crippen molar-refractivity contribution in [3.63, 3.8) is 0 Å². The lowest BCUT2D eigenvalue weighted by atomic mass is 10.1. The average molecular weight is 395 g/mol. The minimum absolute atomic E-state index is 0.0177. The summed E-state index contributed by atoms with van der Waals surface area (Å²) in [5.74, 6) is -0.619. The zero-order valence-electron chi connectivity index (χ0n) is 15.8. The number of piperidine rings is 1. The van der Waals surface area contributed by atoms with Gasteiger partial charge >= 0.3 is 0 Å². The zero-order valence-corrected chi connectivity index (χ0v) is 15.8. The van der Waals surface area contributed by atoms with Crippen LogP contribution in [-0.2, 0) is 6.54 Å². The van der Waals surface area contributed by atoms with Gasteiger partial charge in [0.2, 0.25) is 11.9 Å². The van der Waals surface area contributed by atoms with Crippen molar-refractivity contribution < 1.29 is 9.18 Å². The van der Waals surface area contributed by atoms with Crippen LogP contribution in [0.3, 0.4) is 0 Å². The summed E-state index contributed by atoms with van der Waals surface area (Å²) >= 11 is 0. The van der Waals surface area contributed by atoms with Crippen molar-refractivity contribution in [3.05, 3.63) is 69.8 Å². The molecule has 0 saturated carbocycles. The summed E-state index contributed by atoms with van der Waals surface area (Å²) in [6.45, 7) is 1.37. The second kappa shape index (κ2) is 7.63. The second-order valence-corrected chi connectivity index (χ2v) is 7.33. The number of fused-ring (bicyclic) bond motifs is 1. The smallest absolute Gasteiger partial charge is 0.263 e. The van der Waals surface area contributed by atoms with Gasteiger partial charge in [-0.05, 0) is 42.7 Å². The van der Waals surface area contributed by atoms with Gasteiger partial charge in [0.15, 0.2) is 0 Å². The van der Waals surface area contributed by atoms with Gasteiger partial charge in [0.05, 0.1) is 17.4 Å². The highest BCUT2D eigenvalue weighted by Gasteiger charge is 2.23. The fourth-order valence-corrected chi connectivity index (χ4v) is 3.83. The number of carbonyl (C=O) groups excluding carboxylic acids is 1. The number of nitrogens with two attached hydrogens (primary N) is 2. The highest BCUT2D eigenvalue weighted by Crippen LogP contribution is 2.21. The monoisotopic (exact) mass is 395 g/mol. The molecule has 1 atom stereocenters. The van der Waals surface area contributed by atoms with Gasteiger partial charge in [-0.2, -0.15) is 0 Å². The van der Waals surface area contributed by atoms with Gasteiger partial charge in [0.25, 0.3) is 5.56 Å². The topological polar surface area (TPSA) is 107 Å². The van der Waals surface area contributed by atoms with Gasteiger partial charge in [0, 0.05) is 24.7 Å². The summed E-state index contributed by atoms with van der Waals surface area (Å²) in [6.07, 6.45) is 1.79. The third kappa shape index (κ3) is 3.71. The maximum Gasteiger partial charge on any atom is 0.263 e. The van der Waals surface area contributed by atoms with Crippen LogP contribution in [0.2, 0.25) is 0 Å². The molecule has 2 aromatic carbocycles. The Balaban J connectivity index is 1.90. The van der Waals surface area contributed by atoms with Gasteiger partial charge < -0.3 is 16.4 Å². The molecular formula is C21H22FN5O2. The Hall–Kier alpha value is -3.26. The Kier molecular flexibility index (Phi) is 5.02. The maximum atomic E-state index is 13.8. The lowest BCUT2D eigenvalue weighted by Gasteiger charge is -2.33. The van der Waals surface area contributed by atoms with Gasteiger partial charge in [-0.3, -0.25) is 14.2 Å². The quantitative estimate of drug-likeness (QED) is 0.698. The van der Waals surface area contributed by atoms with E-state index in [0.717, 1.165) is 12.8 Å². The fraction of sp³-hybridized carbons (Fsp3) is 0.286. The van der Waals surface area contributed by atoms with E-state index in [1.807, 2.05) is 4.90 Å². The third-order valence-electron chi connectivity index (χ3n) is 5.25.